The summed E-state index contributed by atoms with van der Waals surface area (Å²) in [6.45, 7) is 13.1. The number of benzene rings is 6. The van der Waals surface area contributed by atoms with Gasteiger partial charge in [-0.3, -0.25) is 0 Å². The molecule has 0 atom stereocenters. The Balaban J connectivity index is 1.12. The average Bonchev–Trinajstić information content (AvgIpc) is 3.26. The van der Waals surface area contributed by atoms with Gasteiger partial charge in [-0.15, -0.1) is 0 Å². The summed E-state index contributed by atoms with van der Waals surface area (Å²) in [6, 6.07) is 61.0. The zero-order valence-corrected chi connectivity index (χ0v) is 35.2. The van der Waals surface area contributed by atoms with Gasteiger partial charge in [0.2, 0.25) is 0 Å². The number of rotatable bonds is 8. The minimum atomic E-state index is 0.859. The number of pyridine rings is 3. The quantitative estimate of drug-likeness (QED) is 0.144. The van der Waals surface area contributed by atoms with Crippen molar-refractivity contribution in [2.45, 2.75) is 41.5 Å². The van der Waals surface area contributed by atoms with Gasteiger partial charge in [-0.25, -0.2) is 9.55 Å². The minimum absolute atomic E-state index is 0.859. The summed E-state index contributed by atoms with van der Waals surface area (Å²) in [6.07, 6.45) is 4.26. The van der Waals surface area contributed by atoms with Crippen molar-refractivity contribution in [3.8, 4) is 84.1 Å². The summed E-state index contributed by atoms with van der Waals surface area (Å²) in [7, 11) is 0. The molecular weight excluding hydrogens is 727 g/mol. The molecule has 3 nitrogen and oxygen atoms in total. The molecule has 0 saturated carbocycles. The monoisotopic (exact) mass is 774 g/mol. The first-order valence-corrected chi connectivity index (χ1v) is 20.7. The van der Waals surface area contributed by atoms with E-state index in [-0.39, 0.29) is 0 Å². The molecule has 290 valence electrons. The van der Waals surface area contributed by atoms with Crippen LogP contribution in [0.5, 0.6) is 0 Å². The molecule has 3 heterocycles. The van der Waals surface area contributed by atoms with Crippen LogP contribution in [0.1, 0.15) is 33.4 Å². The zero-order chi connectivity index (χ0) is 41.3. The largest absolute Gasteiger partial charge is 0.328 e. The van der Waals surface area contributed by atoms with E-state index in [4.69, 9.17) is 9.97 Å². The third-order valence-electron chi connectivity index (χ3n) is 11.5. The highest BCUT2D eigenvalue weighted by molar-refractivity contribution is 5.82. The van der Waals surface area contributed by atoms with Crippen LogP contribution in [0, 0.1) is 41.5 Å². The third-order valence-corrected chi connectivity index (χ3v) is 11.5. The fraction of sp³-hybridized carbons (Fsp3) is 0.105. The van der Waals surface area contributed by atoms with E-state index >= 15 is 0 Å². The average molecular weight is 775 g/mol. The van der Waals surface area contributed by atoms with E-state index in [1.165, 1.54) is 55.6 Å². The van der Waals surface area contributed by atoms with Crippen LogP contribution in [0.15, 0.2) is 182 Å². The summed E-state index contributed by atoms with van der Waals surface area (Å²) >= 11 is 0. The summed E-state index contributed by atoms with van der Waals surface area (Å²) in [5.74, 6) is 0.859. The van der Waals surface area contributed by atoms with Gasteiger partial charge in [-0.05, 0) is 150 Å². The first kappa shape index (κ1) is 38.3. The van der Waals surface area contributed by atoms with Gasteiger partial charge in [0.1, 0.15) is 0 Å². The summed E-state index contributed by atoms with van der Waals surface area (Å²) in [4.78, 5) is 10.5. The summed E-state index contributed by atoms with van der Waals surface area (Å²) in [5, 5.41) is 0. The van der Waals surface area contributed by atoms with Crippen molar-refractivity contribution < 1.29 is 4.57 Å². The van der Waals surface area contributed by atoms with Crippen molar-refractivity contribution >= 4 is 0 Å². The lowest BCUT2D eigenvalue weighted by Crippen LogP contribution is -2.30. The smallest absolute Gasteiger partial charge is 0.248 e. The first-order valence-electron chi connectivity index (χ1n) is 20.7. The molecule has 0 radical (unpaired) electrons. The molecule has 6 aromatic carbocycles. The molecule has 9 rings (SSSR count). The Morgan fingerprint density at radius 1 is 0.300 bits per heavy atom. The number of aryl methyl sites for hydroxylation is 6. The maximum absolute atomic E-state index is 5.25. The Kier molecular flexibility index (Phi) is 10.3. The molecule has 9 aromatic rings. The molecule has 0 unspecified atom stereocenters. The van der Waals surface area contributed by atoms with E-state index < -0.39 is 0 Å². The zero-order valence-electron chi connectivity index (χ0n) is 35.2. The molecule has 0 aliphatic carbocycles. The molecule has 0 aliphatic rings. The highest BCUT2D eigenvalue weighted by Crippen LogP contribution is 2.36. The van der Waals surface area contributed by atoms with Crippen LogP contribution in [-0.2, 0) is 0 Å². The lowest BCUT2D eigenvalue weighted by molar-refractivity contribution is -0.599. The van der Waals surface area contributed by atoms with Crippen molar-refractivity contribution in [1.82, 2.24) is 9.97 Å². The van der Waals surface area contributed by atoms with Crippen LogP contribution < -0.4 is 4.57 Å². The van der Waals surface area contributed by atoms with Crippen molar-refractivity contribution in [2.24, 2.45) is 0 Å². The first-order chi connectivity index (χ1) is 29.2. The number of hydrogen-bond acceptors (Lipinski definition) is 2. The van der Waals surface area contributed by atoms with Crippen LogP contribution in [0.4, 0.5) is 0 Å². The van der Waals surface area contributed by atoms with Gasteiger partial charge in [0, 0.05) is 22.8 Å². The lowest BCUT2D eigenvalue weighted by atomic mass is 9.92. The van der Waals surface area contributed by atoms with Gasteiger partial charge in [-0.1, -0.05) is 139 Å². The molecule has 0 bridgehead atoms. The maximum Gasteiger partial charge on any atom is 0.328 e. The molecular formula is C57H48N3+. The van der Waals surface area contributed by atoms with Crippen molar-refractivity contribution in [3.05, 3.63) is 216 Å². The maximum atomic E-state index is 5.25. The lowest BCUT2D eigenvalue weighted by Gasteiger charge is -2.14. The van der Waals surface area contributed by atoms with Crippen molar-refractivity contribution in [1.29, 1.82) is 0 Å². The second kappa shape index (κ2) is 16.2. The molecule has 0 amide bonds. The third kappa shape index (κ3) is 7.83. The van der Waals surface area contributed by atoms with Gasteiger partial charge in [0.05, 0.1) is 23.8 Å². The molecule has 0 fully saturated rings. The number of hydrogen-bond donors (Lipinski definition) is 0. The van der Waals surface area contributed by atoms with Crippen LogP contribution in [0.25, 0.3) is 84.1 Å². The van der Waals surface area contributed by atoms with E-state index in [0.29, 0.717) is 0 Å². The Morgan fingerprint density at radius 2 is 0.683 bits per heavy atom. The fourth-order valence-electron chi connectivity index (χ4n) is 8.88. The fourth-order valence-corrected chi connectivity index (χ4v) is 8.88. The second-order valence-corrected chi connectivity index (χ2v) is 16.2. The second-order valence-electron chi connectivity index (χ2n) is 16.2. The van der Waals surface area contributed by atoms with Gasteiger partial charge < -0.3 is 0 Å². The molecule has 0 saturated heterocycles. The minimum Gasteiger partial charge on any atom is -0.248 e. The molecule has 0 N–H and O–H groups in total. The van der Waals surface area contributed by atoms with Gasteiger partial charge in [0.15, 0.2) is 5.69 Å². The van der Waals surface area contributed by atoms with Crippen LogP contribution in [0.3, 0.4) is 0 Å². The predicted molar refractivity (Wildman–Crippen MR) is 250 cm³/mol. The summed E-state index contributed by atoms with van der Waals surface area (Å²) < 4.78 is 2.12. The van der Waals surface area contributed by atoms with Gasteiger partial charge in [-0.2, -0.15) is 0 Å². The van der Waals surface area contributed by atoms with Crippen LogP contribution in [-0.4, -0.2) is 9.97 Å². The molecule has 3 heteroatoms. The Labute approximate surface area is 354 Å². The normalized spacial score (nSPS) is 11.2. The van der Waals surface area contributed by atoms with Crippen LogP contribution >= 0.6 is 0 Å². The Morgan fingerprint density at radius 3 is 1.17 bits per heavy atom. The van der Waals surface area contributed by atoms with Gasteiger partial charge >= 0.3 is 5.82 Å². The SMILES string of the molecule is Cc1cc(C)c(-c2ccc(-c3cc(-c4cccc(-c5cc(-c6ccccc6)nc(-[n+]6ccc(-c7c(C)cc(C)cc7C)cc6)c5)c4)cc(-c4ccccc4)n3)cc2)c(C)c1. The highest BCUT2D eigenvalue weighted by atomic mass is 15.0. The van der Waals surface area contributed by atoms with Gasteiger partial charge in [0.25, 0.3) is 0 Å². The predicted octanol–water partition coefficient (Wildman–Crippen LogP) is 14.3. The van der Waals surface area contributed by atoms with E-state index in [2.05, 4.69) is 222 Å². The summed E-state index contributed by atoms with van der Waals surface area (Å²) in [5.41, 5.74) is 23.2. The van der Waals surface area contributed by atoms with E-state index in [1.807, 2.05) is 6.07 Å². The van der Waals surface area contributed by atoms with E-state index in [1.54, 1.807) is 0 Å². The molecule has 0 aliphatic heterocycles. The van der Waals surface area contributed by atoms with E-state index in [9.17, 15) is 0 Å². The Bertz CT molecular complexity index is 2750. The highest BCUT2D eigenvalue weighted by Gasteiger charge is 2.18. The topological polar surface area (TPSA) is 29.7 Å². The molecule has 60 heavy (non-hydrogen) atoms. The van der Waals surface area contributed by atoms with Crippen molar-refractivity contribution in [2.75, 3.05) is 0 Å². The number of nitrogens with zero attached hydrogens (tertiary/aromatic N) is 3. The molecule has 0 spiro atoms. The van der Waals surface area contributed by atoms with E-state index in [0.717, 1.165) is 61.8 Å². The molecule has 3 aromatic heterocycles. The number of aromatic nitrogens is 3. The van der Waals surface area contributed by atoms with Crippen molar-refractivity contribution in [3.63, 3.8) is 0 Å². The Hall–Kier alpha value is -7.23. The standard InChI is InChI=1S/C57H48N3/c1-37-28-39(3)56(40(4)29-37)46-22-20-45(21-23-46)53-34-50(33-52(58-53)43-14-9-7-10-15-43)48-18-13-19-49(32-48)51-35-54(44-16-11-8-12-17-44)59-55(36-51)60-26-24-47(25-27-60)57-41(5)30-38(2)31-42(57)6/h7-36H,1-6H3/q+1. The van der Waals surface area contributed by atoms with Crippen LogP contribution in [0.2, 0.25) is 0 Å².